The minimum atomic E-state index is -1.12. The first-order valence-electron chi connectivity index (χ1n) is 9.72. The Bertz CT molecular complexity index is 963. The maximum absolute atomic E-state index is 10.8. The number of nitrogens with zero attached hydrogens (tertiary/aromatic N) is 1. The second kappa shape index (κ2) is 6.29. The van der Waals surface area contributed by atoms with E-state index in [1.54, 1.807) is 12.1 Å². The molecule has 29 heavy (non-hydrogen) atoms. The fourth-order valence-electron chi connectivity index (χ4n) is 5.04. The largest absolute Gasteiger partial charge is 0.507 e. The number of fused-ring (bicyclic) bond motifs is 1. The van der Waals surface area contributed by atoms with Crippen molar-refractivity contribution in [3.8, 4) is 5.75 Å². The van der Waals surface area contributed by atoms with Crippen LogP contribution < -0.4 is 0 Å². The standard InChI is InChI=1S/C23H27NO5/c1-20(2,3)23-21(4,5)14-27-22(23,28-29-23)16-11-12-17(18(25)13-16)19(24-26)15-9-7-6-8-10-15/h6-13,25-26H,14H2,1-5H3. The Labute approximate surface area is 170 Å². The predicted molar refractivity (Wildman–Crippen MR) is 108 cm³/mol. The zero-order valence-electron chi connectivity index (χ0n) is 17.4. The van der Waals surface area contributed by atoms with Gasteiger partial charge in [0.05, 0.1) is 6.61 Å². The quantitative estimate of drug-likeness (QED) is 0.343. The van der Waals surface area contributed by atoms with Crippen molar-refractivity contribution < 1.29 is 24.8 Å². The maximum Gasteiger partial charge on any atom is 0.261 e. The van der Waals surface area contributed by atoms with Crippen molar-refractivity contribution in [2.75, 3.05) is 6.61 Å². The Morgan fingerprint density at radius 2 is 1.72 bits per heavy atom. The van der Waals surface area contributed by atoms with E-state index in [1.165, 1.54) is 0 Å². The van der Waals surface area contributed by atoms with Gasteiger partial charge in [0.1, 0.15) is 11.5 Å². The normalized spacial score (nSPS) is 28.7. The summed E-state index contributed by atoms with van der Waals surface area (Å²) in [4.78, 5) is 11.5. The van der Waals surface area contributed by atoms with E-state index >= 15 is 0 Å². The molecule has 0 aliphatic carbocycles. The van der Waals surface area contributed by atoms with E-state index < -0.39 is 11.4 Å². The van der Waals surface area contributed by atoms with Gasteiger partial charge in [-0.2, -0.15) is 4.89 Å². The van der Waals surface area contributed by atoms with Crippen molar-refractivity contribution in [3.05, 3.63) is 65.2 Å². The molecule has 6 heteroatoms. The van der Waals surface area contributed by atoms with Gasteiger partial charge in [-0.1, -0.05) is 76.2 Å². The Hall–Kier alpha value is -2.41. The van der Waals surface area contributed by atoms with E-state index in [0.717, 1.165) is 0 Å². The lowest BCUT2D eigenvalue weighted by Gasteiger charge is -2.61. The molecule has 0 amide bonds. The van der Waals surface area contributed by atoms with Gasteiger partial charge in [0.2, 0.25) is 0 Å². The Balaban J connectivity index is 1.80. The number of oxime groups is 1. The molecule has 0 saturated carbocycles. The van der Waals surface area contributed by atoms with Gasteiger partial charge in [-0.15, -0.1) is 0 Å². The van der Waals surface area contributed by atoms with Gasteiger partial charge in [-0.25, -0.2) is 4.89 Å². The molecule has 2 fully saturated rings. The lowest BCUT2D eigenvalue weighted by atomic mass is 9.57. The Kier molecular flexibility index (Phi) is 4.31. The highest BCUT2D eigenvalue weighted by molar-refractivity contribution is 6.14. The number of rotatable bonds is 3. The van der Waals surface area contributed by atoms with Gasteiger partial charge in [0.15, 0.2) is 5.60 Å². The first kappa shape index (κ1) is 19.9. The molecular weight excluding hydrogens is 370 g/mol. The summed E-state index contributed by atoms with van der Waals surface area (Å²) in [5, 5.41) is 23.8. The highest BCUT2D eigenvalue weighted by Crippen LogP contribution is 2.69. The average Bonchev–Trinajstić information content (AvgIpc) is 2.79. The van der Waals surface area contributed by atoms with E-state index in [2.05, 4.69) is 39.8 Å². The van der Waals surface area contributed by atoms with Crippen LogP contribution in [0.5, 0.6) is 5.75 Å². The molecule has 2 unspecified atom stereocenters. The first-order chi connectivity index (χ1) is 13.6. The molecule has 154 valence electrons. The van der Waals surface area contributed by atoms with E-state index in [4.69, 9.17) is 14.5 Å². The van der Waals surface area contributed by atoms with Gasteiger partial charge >= 0.3 is 0 Å². The molecule has 2 atom stereocenters. The SMILES string of the molecule is CC(C)(C)C12OOC1(c1ccc(C(=NO)c3ccccc3)c(O)c1)OCC2(C)C. The van der Waals surface area contributed by atoms with Crippen LogP contribution in [0.15, 0.2) is 53.7 Å². The molecule has 2 heterocycles. The maximum atomic E-state index is 10.8. The van der Waals surface area contributed by atoms with Gasteiger partial charge in [0, 0.05) is 27.5 Å². The molecule has 2 N–H and O–H groups in total. The third-order valence-electron chi connectivity index (χ3n) is 6.17. The third-order valence-corrected chi connectivity index (χ3v) is 6.17. The van der Waals surface area contributed by atoms with Gasteiger partial charge in [0.25, 0.3) is 5.79 Å². The Morgan fingerprint density at radius 1 is 1.03 bits per heavy atom. The second-order valence-electron chi connectivity index (χ2n) is 9.43. The fourth-order valence-corrected chi connectivity index (χ4v) is 5.04. The topological polar surface area (TPSA) is 80.5 Å². The van der Waals surface area contributed by atoms with Crippen LogP contribution >= 0.6 is 0 Å². The first-order valence-corrected chi connectivity index (χ1v) is 9.72. The van der Waals surface area contributed by atoms with Crippen LogP contribution in [0.3, 0.4) is 0 Å². The van der Waals surface area contributed by atoms with E-state index in [1.807, 2.05) is 36.4 Å². The van der Waals surface area contributed by atoms with Crippen molar-refractivity contribution in [1.29, 1.82) is 0 Å². The number of phenols is 1. The molecule has 2 saturated heterocycles. The molecule has 2 aliphatic rings. The predicted octanol–water partition coefficient (Wildman–Crippen LogP) is 4.57. The molecular formula is C23H27NO5. The summed E-state index contributed by atoms with van der Waals surface area (Å²) in [5.41, 5.74) is 0.734. The number of phenolic OH excluding ortho intramolecular Hbond substituents is 1. The number of benzene rings is 2. The van der Waals surface area contributed by atoms with E-state index in [0.29, 0.717) is 23.3 Å². The van der Waals surface area contributed by atoms with Crippen LogP contribution in [-0.4, -0.2) is 28.2 Å². The molecule has 0 spiro atoms. The van der Waals surface area contributed by atoms with Crippen LogP contribution in [-0.2, 0) is 20.3 Å². The summed E-state index contributed by atoms with van der Waals surface area (Å²) in [6.45, 7) is 11.0. The molecule has 2 aromatic carbocycles. The average molecular weight is 397 g/mol. The highest BCUT2D eigenvalue weighted by atomic mass is 17.3. The molecule has 2 aromatic rings. The summed E-state index contributed by atoms with van der Waals surface area (Å²) in [5.74, 6) is -1.14. The van der Waals surface area contributed by atoms with Crippen molar-refractivity contribution in [2.45, 2.75) is 46.0 Å². The summed E-state index contributed by atoms with van der Waals surface area (Å²) in [6, 6.07) is 14.3. The zero-order chi connectivity index (χ0) is 21.1. The van der Waals surface area contributed by atoms with Gasteiger partial charge < -0.3 is 15.1 Å². The minimum absolute atomic E-state index is 0.0276. The highest BCUT2D eigenvalue weighted by Gasteiger charge is 2.81. The summed E-state index contributed by atoms with van der Waals surface area (Å²) in [7, 11) is 0. The zero-order valence-corrected chi connectivity index (χ0v) is 17.4. The molecule has 2 aliphatic heterocycles. The number of hydrogen-bond acceptors (Lipinski definition) is 6. The van der Waals surface area contributed by atoms with Crippen molar-refractivity contribution in [1.82, 2.24) is 0 Å². The lowest BCUT2D eigenvalue weighted by molar-refractivity contribution is -0.626. The molecule has 6 nitrogen and oxygen atoms in total. The smallest absolute Gasteiger partial charge is 0.261 e. The van der Waals surface area contributed by atoms with Crippen LogP contribution in [0, 0.1) is 10.8 Å². The third kappa shape index (κ3) is 2.49. The molecule has 0 aromatic heterocycles. The van der Waals surface area contributed by atoms with Crippen LogP contribution in [0.2, 0.25) is 0 Å². The van der Waals surface area contributed by atoms with Gasteiger partial charge in [-0.3, -0.25) is 0 Å². The van der Waals surface area contributed by atoms with E-state index in [-0.39, 0.29) is 22.3 Å². The molecule has 4 rings (SSSR count). The summed E-state index contributed by atoms with van der Waals surface area (Å²) >= 11 is 0. The fraction of sp³-hybridized carbons (Fsp3) is 0.435. The summed E-state index contributed by atoms with van der Waals surface area (Å²) < 4.78 is 6.20. The van der Waals surface area contributed by atoms with Crippen LogP contribution in [0.4, 0.5) is 0 Å². The van der Waals surface area contributed by atoms with Crippen LogP contribution in [0.1, 0.15) is 51.3 Å². The monoisotopic (exact) mass is 397 g/mol. The Morgan fingerprint density at radius 3 is 2.24 bits per heavy atom. The molecule has 0 bridgehead atoms. The van der Waals surface area contributed by atoms with E-state index in [9.17, 15) is 10.3 Å². The second-order valence-corrected chi connectivity index (χ2v) is 9.43. The van der Waals surface area contributed by atoms with Crippen molar-refractivity contribution >= 4 is 5.71 Å². The minimum Gasteiger partial charge on any atom is -0.507 e. The lowest BCUT2D eigenvalue weighted by Crippen LogP contribution is -2.73. The number of aromatic hydroxyl groups is 1. The molecule has 0 radical (unpaired) electrons. The summed E-state index contributed by atoms with van der Waals surface area (Å²) in [6.07, 6.45) is 0. The number of hydrogen-bond donors (Lipinski definition) is 2. The van der Waals surface area contributed by atoms with Gasteiger partial charge in [-0.05, 0) is 12.1 Å². The van der Waals surface area contributed by atoms with Crippen molar-refractivity contribution in [3.63, 3.8) is 0 Å². The number of ether oxygens (including phenoxy) is 1. The van der Waals surface area contributed by atoms with Crippen LogP contribution in [0.25, 0.3) is 0 Å². The van der Waals surface area contributed by atoms with Crippen molar-refractivity contribution in [2.24, 2.45) is 16.0 Å².